The van der Waals surface area contributed by atoms with E-state index in [-0.39, 0.29) is 24.0 Å². The van der Waals surface area contributed by atoms with Gasteiger partial charge in [-0.3, -0.25) is 4.99 Å². The summed E-state index contributed by atoms with van der Waals surface area (Å²) < 4.78 is 0.329. The number of nitrogens with one attached hydrogen (secondary N) is 1. The van der Waals surface area contributed by atoms with E-state index >= 15 is 0 Å². The average Bonchev–Trinajstić information content (AvgIpc) is 2.62. The third-order valence-electron chi connectivity index (χ3n) is 4.09. The van der Waals surface area contributed by atoms with Crippen LogP contribution in [-0.4, -0.2) is 29.0 Å². The van der Waals surface area contributed by atoms with Crippen LogP contribution < -0.4 is 11.1 Å². The summed E-state index contributed by atoms with van der Waals surface area (Å²) in [6, 6.07) is 0.556. The van der Waals surface area contributed by atoms with Gasteiger partial charge >= 0.3 is 0 Å². The molecule has 3 N–H and O–H groups in total. The van der Waals surface area contributed by atoms with Crippen molar-refractivity contribution in [2.24, 2.45) is 10.7 Å². The topological polar surface area (TPSA) is 50.4 Å². The third kappa shape index (κ3) is 6.10. The van der Waals surface area contributed by atoms with E-state index in [1.54, 1.807) is 0 Å². The zero-order chi connectivity index (χ0) is 12.8. The fraction of sp³-hybridized carbons (Fsp3) is 0.929. The van der Waals surface area contributed by atoms with Gasteiger partial charge in [-0.05, 0) is 38.4 Å². The molecule has 0 amide bonds. The quantitative estimate of drug-likeness (QED) is 0.332. The highest BCUT2D eigenvalue weighted by Gasteiger charge is 2.29. The van der Waals surface area contributed by atoms with Gasteiger partial charge in [0.25, 0.3) is 0 Å². The second kappa shape index (κ2) is 8.60. The second-order valence-electron chi connectivity index (χ2n) is 5.94. The first kappa shape index (κ1) is 17.4. The number of nitrogens with two attached hydrogens (primary N) is 1. The number of aliphatic imine (C=N–C) groups is 1. The van der Waals surface area contributed by atoms with E-state index in [1.807, 2.05) is 11.8 Å². The Morgan fingerprint density at radius 2 is 1.95 bits per heavy atom. The standard InChI is InChI=1S/C14H27N3S.HI/c1-14(9-6-10-18-14)11-16-13(15)17-12-7-4-2-3-5-8-12;/h12H,2-11H2,1H3,(H3,15,16,17);1H. The van der Waals surface area contributed by atoms with Gasteiger partial charge in [0.15, 0.2) is 5.96 Å². The van der Waals surface area contributed by atoms with Crippen molar-refractivity contribution in [2.75, 3.05) is 12.3 Å². The van der Waals surface area contributed by atoms with Gasteiger partial charge in [0.05, 0.1) is 6.54 Å². The maximum absolute atomic E-state index is 6.02. The molecule has 2 rings (SSSR count). The molecule has 0 bridgehead atoms. The van der Waals surface area contributed by atoms with Crippen molar-refractivity contribution < 1.29 is 0 Å². The molecule has 0 aromatic rings. The lowest BCUT2D eigenvalue weighted by atomic mass is 10.1. The molecule has 2 fully saturated rings. The monoisotopic (exact) mass is 397 g/mol. The van der Waals surface area contributed by atoms with Gasteiger partial charge in [-0.1, -0.05) is 25.7 Å². The summed E-state index contributed by atoms with van der Waals surface area (Å²) in [5.74, 6) is 1.94. The first-order chi connectivity index (χ1) is 8.68. The summed E-state index contributed by atoms with van der Waals surface area (Å²) in [5.41, 5.74) is 6.02. The lowest BCUT2D eigenvalue weighted by Gasteiger charge is -2.21. The molecule has 0 spiro atoms. The second-order valence-corrected chi connectivity index (χ2v) is 7.62. The average molecular weight is 397 g/mol. The molecular weight excluding hydrogens is 369 g/mol. The SMILES string of the molecule is CC1(CN=C(N)NC2CCCCCC2)CCCS1.I. The Kier molecular flexibility index (Phi) is 7.87. The highest BCUT2D eigenvalue weighted by atomic mass is 127. The smallest absolute Gasteiger partial charge is 0.188 e. The van der Waals surface area contributed by atoms with Crippen LogP contribution in [0.5, 0.6) is 0 Å². The first-order valence-electron chi connectivity index (χ1n) is 7.38. The summed E-state index contributed by atoms with van der Waals surface area (Å²) in [4.78, 5) is 4.57. The van der Waals surface area contributed by atoms with E-state index in [2.05, 4.69) is 17.2 Å². The summed E-state index contributed by atoms with van der Waals surface area (Å²) in [5, 5.41) is 3.42. The summed E-state index contributed by atoms with van der Waals surface area (Å²) in [6.07, 6.45) is 10.5. The predicted octanol–water partition coefficient (Wildman–Crippen LogP) is 3.52. The Morgan fingerprint density at radius 3 is 2.53 bits per heavy atom. The van der Waals surface area contributed by atoms with Crippen LogP contribution >= 0.6 is 35.7 Å². The Labute approximate surface area is 139 Å². The zero-order valence-electron chi connectivity index (χ0n) is 12.0. The highest BCUT2D eigenvalue weighted by Crippen LogP contribution is 2.37. The number of guanidine groups is 1. The lowest BCUT2D eigenvalue weighted by molar-refractivity contribution is 0.528. The molecule has 19 heavy (non-hydrogen) atoms. The molecule has 112 valence electrons. The van der Waals surface area contributed by atoms with Crippen LogP contribution in [0.25, 0.3) is 0 Å². The van der Waals surface area contributed by atoms with Crippen LogP contribution in [-0.2, 0) is 0 Å². The molecule has 1 aliphatic carbocycles. The van der Waals surface area contributed by atoms with Gasteiger partial charge in [-0.15, -0.1) is 24.0 Å². The van der Waals surface area contributed by atoms with Crippen molar-refractivity contribution in [2.45, 2.75) is 69.1 Å². The third-order valence-corrected chi connectivity index (χ3v) is 5.61. The van der Waals surface area contributed by atoms with Gasteiger partial charge in [0.2, 0.25) is 0 Å². The van der Waals surface area contributed by atoms with E-state index in [4.69, 9.17) is 5.73 Å². The van der Waals surface area contributed by atoms with Crippen molar-refractivity contribution in [3.8, 4) is 0 Å². The molecule has 2 aliphatic rings. The van der Waals surface area contributed by atoms with Crippen LogP contribution in [0.15, 0.2) is 4.99 Å². The van der Waals surface area contributed by atoms with Gasteiger partial charge in [-0.25, -0.2) is 0 Å². The maximum atomic E-state index is 6.02. The number of rotatable bonds is 3. The first-order valence-corrected chi connectivity index (χ1v) is 8.37. The number of hydrogen-bond acceptors (Lipinski definition) is 2. The molecule has 0 aromatic heterocycles. The molecule has 1 aliphatic heterocycles. The van der Waals surface area contributed by atoms with Gasteiger partial charge in [-0.2, -0.15) is 11.8 Å². The van der Waals surface area contributed by atoms with Gasteiger partial charge < -0.3 is 11.1 Å². The van der Waals surface area contributed by atoms with E-state index in [9.17, 15) is 0 Å². The van der Waals surface area contributed by atoms with Crippen LogP contribution in [0.4, 0.5) is 0 Å². The summed E-state index contributed by atoms with van der Waals surface area (Å²) in [6.45, 7) is 3.18. The minimum Gasteiger partial charge on any atom is -0.370 e. The Bertz CT molecular complexity index is 282. The van der Waals surface area contributed by atoms with Crippen LogP contribution in [0.2, 0.25) is 0 Å². The number of nitrogens with zero attached hydrogens (tertiary/aromatic N) is 1. The molecule has 0 aromatic carbocycles. The summed E-state index contributed by atoms with van der Waals surface area (Å²) >= 11 is 2.05. The predicted molar refractivity (Wildman–Crippen MR) is 96.6 cm³/mol. The minimum absolute atomic E-state index is 0. The van der Waals surface area contributed by atoms with Gasteiger partial charge in [0.1, 0.15) is 0 Å². The molecule has 1 atom stereocenters. The molecule has 1 saturated carbocycles. The Balaban J connectivity index is 0.00000180. The maximum Gasteiger partial charge on any atom is 0.188 e. The van der Waals surface area contributed by atoms with Crippen molar-refractivity contribution in [3.05, 3.63) is 0 Å². The normalized spacial score (nSPS) is 29.6. The van der Waals surface area contributed by atoms with Crippen molar-refractivity contribution in [1.29, 1.82) is 0 Å². The minimum atomic E-state index is 0. The molecule has 1 heterocycles. The summed E-state index contributed by atoms with van der Waals surface area (Å²) in [7, 11) is 0. The van der Waals surface area contributed by atoms with E-state index < -0.39 is 0 Å². The van der Waals surface area contributed by atoms with E-state index in [1.165, 1.54) is 57.1 Å². The van der Waals surface area contributed by atoms with Gasteiger partial charge in [0, 0.05) is 10.8 Å². The van der Waals surface area contributed by atoms with Crippen LogP contribution in [0.3, 0.4) is 0 Å². The molecule has 3 nitrogen and oxygen atoms in total. The number of thioether (sulfide) groups is 1. The van der Waals surface area contributed by atoms with Crippen molar-refractivity contribution >= 4 is 41.7 Å². The van der Waals surface area contributed by atoms with Crippen molar-refractivity contribution in [1.82, 2.24) is 5.32 Å². The van der Waals surface area contributed by atoms with E-state index in [0.29, 0.717) is 16.7 Å². The Morgan fingerprint density at radius 1 is 1.26 bits per heavy atom. The molecule has 1 saturated heterocycles. The molecule has 5 heteroatoms. The Hall–Kier alpha value is 0.350. The molecule has 0 radical (unpaired) electrons. The number of halogens is 1. The zero-order valence-corrected chi connectivity index (χ0v) is 15.1. The number of hydrogen-bond donors (Lipinski definition) is 2. The van der Waals surface area contributed by atoms with Crippen LogP contribution in [0.1, 0.15) is 58.3 Å². The van der Waals surface area contributed by atoms with E-state index in [0.717, 1.165) is 6.54 Å². The molecule has 1 unspecified atom stereocenters. The largest absolute Gasteiger partial charge is 0.370 e. The van der Waals surface area contributed by atoms with Crippen molar-refractivity contribution in [3.63, 3.8) is 0 Å². The highest BCUT2D eigenvalue weighted by molar-refractivity contribution is 14.0. The van der Waals surface area contributed by atoms with Crippen LogP contribution in [0, 0.1) is 0 Å². The fourth-order valence-electron chi connectivity index (χ4n) is 2.89. The molecular formula is C14H28IN3S. The fourth-order valence-corrected chi connectivity index (χ4v) is 4.12. The lowest BCUT2D eigenvalue weighted by Crippen LogP contribution is -2.40.